The molecule has 4 aromatic carbocycles. The number of ether oxygens (including phenoxy) is 1. The molecule has 284 valence electrons. The molecule has 0 saturated carbocycles. The van der Waals surface area contributed by atoms with Crippen LogP contribution in [0, 0.1) is 0 Å². The first kappa shape index (κ1) is 36.8. The zero-order valence-corrected chi connectivity index (χ0v) is 31.7. The van der Waals surface area contributed by atoms with Crippen LogP contribution in [0.25, 0.3) is 33.6 Å². The van der Waals surface area contributed by atoms with E-state index in [9.17, 15) is 14.4 Å². The third kappa shape index (κ3) is 7.81. The quantitative estimate of drug-likeness (QED) is 0.128. The van der Waals surface area contributed by atoms with Gasteiger partial charge in [-0.15, -0.1) is 0 Å². The van der Waals surface area contributed by atoms with Crippen LogP contribution in [0.15, 0.2) is 116 Å². The summed E-state index contributed by atoms with van der Waals surface area (Å²) in [7, 11) is 1.28. The Labute approximate surface area is 330 Å². The average Bonchev–Trinajstić information content (AvgIpc) is 4.07. The molecule has 2 fully saturated rings. The highest BCUT2D eigenvalue weighted by atomic mass is 35.5. The second kappa shape index (κ2) is 16.3. The van der Waals surface area contributed by atoms with Gasteiger partial charge in [0.15, 0.2) is 0 Å². The number of benzene rings is 4. The molecule has 0 aliphatic carbocycles. The van der Waals surface area contributed by atoms with Crippen LogP contribution < -0.4 is 5.32 Å². The maximum atomic E-state index is 13.9. The molecule has 6 aromatic rings. The third-order valence-corrected chi connectivity index (χ3v) is 11.0. The summed E-state index contributed by atoms with van der Waals surface area (Å²) < 4.78 is 4.82. The zero-order chi connectivity index (χ0) is 38.6. The zero-order valence-electron chi connectivity index (χ0n) is 31.0. The van der Waals surface area contributed by atoms with E-state index in [-0.39, 0.29) is 23.9 Å². The van der Waals surface area contributed by atoms with Crippen LogP contribution in [0.2, 0.25) is 5.02 Å². The van der Waals surface area contributed by atoms with E-state index in [4.69, 9.17) is 26.3 Å². The van der Waals surface area contributed by atoms with Crippen molar-refractivity contribution in [3.05, 3.63) is 143 Å². The summed E-state index contributed by atoms with van der Waals surface area (Å²) in [5.41, 5.74) is 7.50. The topological polar surface area (TPSA) is 136 Å². The first-order valence-corrected chi connectivity index (χ1v) is 19.3. The smallest absolute Gasteiger partial charge is 0.407 e. The number of nitrogens with one attached hydrogen (secondary N) is 3. The number of carbonyl (C=O) groups is 3. The van der Waals surface area contributed by atoms with Gasteiger partial charge in [-0.3, -0.25) is 9.59 Å². The van der Waals surface area contributed by atoms with Crippen molar-refractivity contribution in [2.24, 2.45) is 0 Å². The van der Waals surface area contributed by atoms with Crippen molar-refractivity contribution in [1.82, 2.24) is 35.1 Å². The number of carbonyl (C=O) groups excluding carboxylic acids is 3. The number of methoxy groups -OCH3 is 1. The number of amides is 3. The van der Waals surface area contributed by atoms with Gasteiger partial charge >= 0.3 is 6.09 Å². The van der Waals surface area contributed by atoms with Gasteiger partial charge in [0.2, 0.25) is 5.91 Å². The molecule has 56 heavy (non-hydrogen) atoms. The van der Waals surface area contributed by atoms with Gasteiger partial charge in [-0.05, 0) is 71.2 Å². The molecule has 0 bridgehead atoms. The third-order valence-electron chi connectivity index (χ3n) is 10.7. The number of alkyl carbamates (subject to hydrolysis) is 1. The fourth-order valence-electron chi connectivity index (χ4n) is 7.85. The Morgan fingerprint density at radius 3 is 1.88 bits per heavy atom. The van der Waals surface area contributed by atoms with Gasteiger partial charge in [-0.25, -0.2) is 14.8 Å². The Kier molecular flexibility index (Phi) is 10.7. The number of hydrogen-bond acceptors (Lipinski definition) is 6. The van der Waals surface area contributed by atoms with Crippen molar-refractivity contribution in [3.63, 3.8) is 0 Å². The first-order valence-electron chi connectivity index (χ1n) is 18.9. The van der Waals surface area contributed by atoms with Crippen LogP contribution in [0.5, 0.6) is 0 Å². The lowest BCUT2D eigenvalue weighted by Crippen LogP contribution is -2.42. The van der Waals surface area contributed by atoms with Crippen molar-refractivity contribution >= 4 is 29.5 Å². The molecule has 3 amide bonds. The second-order valence-electron chi connectivity index (χ2n) is 14.2. The number of imidazole rings is 2. The molecule has 8 rings (SSSR count). The molecule has 2 aliphatic heterocycles. The molecule has 3 N–H and O–H groups in total. The van der Waals surface area contributed by atoms with Gasteiger partial charge in [-0.1, -0.05) is 103 Å². The highest BCUT2D eigenvalue weighted by Gasteiger charge is 2.37. The standard InChI is InChI=1S/C44H42ClN7O4/c1-56-44(55)50-40(33-9-3-2-4-10-33)43(54)52-23-7-13-38(52)42-47-27-36(49-42)32-20-16-30(17-21-32)29-14-18-31(19-15-29)35-26-46-41(48-35)37-12-6-22-51(37)39(53)25-28-8-5-11-34(45)24-28/h2-5,8-11,14-21,24,26-27,37-38,40H,6-7,12-13,22-23,25H2,1H3,(H,46,48)(H,47,49)(H,50,55)/t37-,38-,40+/m0/s1. The van der Waals surface area contributed by atoms with E-state index in [0.29, 0.717) is 35.9 Å². The lowest BCUT2D eigenvalue weighted by atomic mass is 10.0. The van der Waals surface area contributed by atoms with Crippen LogP contribution in [0.3, 0.4) is 0 Å². The number of H-pyrrole nitrogens is 2. The SMILES string of the molecule is COC(=O)N[C@@H](C(=O)N1CCC[C@H]1c1ncc(-c2ccc(-c3ccc(-c4cnc([C@@H]5CCCN5C(=O)Cc5cccc(Cl)c5)[nH]4)cc3)cc2)[nH]1)c1ccccc1. The highest BCUT2D eigenvalue weighted by molar-refractivity contribution is 6.30. The molecule has 0 radical (unpaired) electrons. The second-order valence-corrected chi connectivity index (χ2v) is 14.7. The Bertz CT molecular complexity index is 2320. The molecule has 0 spiro atoms. The Morgan fingerprint density at radius 1 is 0.750 bits per heavy atom. The fourth-order valence-corrected chi connectivity index (χ4v) is 8.07. The summed E-state index contributed by atoms with van der Waals surface area (Å²) in [6, 6.07) is 32.1. The number of rotatable bonds is 10. The molecule has 2 aliphatic rings. The fraction of sp³-hybridized carbons (Fsp3) is 0.250. The molecule has 12 heteroatoms. The molecule has 2 aromatic heterocycles. The van der Waals surface area contributed by atoms with Crippen molar-refractivity contribution in [3.8, 4) is 33.6 Å². The maximum absolute atomic E-state index is 13.9. The summed E-state index contributed by atoms with van der Waals surface area (Å²) in [5, 5.41) is 3.34. The summed E-state index contributed by atoms with van der Waals surface area (Å²) in [4.78, 5) is 59.4. The van der Waals surface area contributed by atoms with Gasteiger partial charge < -0.3 is 29.8 Å². The normalized spacial score (nSPS) is 17.2. The summed E-state index contributed by atoms with van der Waals surface area (Å²) in [6.45, 7) is 1.27. The number of nitrogens with zero attached hydrogens (tertiary/aromatic N) is 4. The van der Waals surface area contributed by atoms with E-state index >= 15 is 0 Å². The molecule has 11 nitrogen and oxygen atoms in total. The van der Waals surface area contributed by atoms with E-state index in [2.05, 4.69) is 63.8 Å². The van der Waals surface area contributed by atoms with Crippen molar-refractivity contribution < 1.29 is 19.1 Å². The van der Waals surface area contributed by atoms with Gasteiger partial charge in [0.1, 0.15) is 17.7 Å². The average molecular weight is 768 g/mol. The first-order chi connectivity index (χ1) is 27.3. The highest BCUT2D eigenvalue weighted by Crippen LogP contribution is 2.35. The number of halogens is 1. The predicted molar refractivity (Wildman–Crippen MR) is 214 cm³/mol. The van der Waals surface area contributed by atoms with Gasteiger partial charge in [0, 0.05) is 18.1 Å². The van der Waals surface area contributed by atoms with Gasteiger partial charge in [0.05, 0.1) is 49.4 Å². The Balaban J connectivity index is 0.919. The lowest BCUT2D eigenvalue weighted by molar-refractivity contribution is -0.134. The van der Waals surface area contributed by atoms with Crippen LogP contribution in [0.1, 0.15) is 66.6 Å². The monoisotopic (exact) mass is 767 g/mol. The molecular formula is C44H42ClN7O4. The van der Waals surface area contributed by atoms with E-state index in [1.165, 1.54) is 7.11 Å². The van der Waals surface area contributed by atoms with Crippen molar-refractivity contribution in [2.75, 3.05) is 20.2 Å². The summed E-state index contributed by atoms with van der Waals surface area (Å²) in [5.74, 6) is 1.38. The minimum absolute atomic E-state index is 0.0760. The number of aromatic amines is 2. The van der Waals surface area contributed by atoms with E-state index < -0.39 is 12.1 Å². The Hall–Kier alpha value is -6.20. The predicted octanol–water partition coefficient (Wildman–Crippen LogP) is 8.45. The molecule has 3 atom stereocenters. The molecule has 2 saturated heterocycles. The minimum Gasteiger partial charge on any atom is -0.453 e. The van der Waals surface area contributed by atoms with Gasteiger partial charge in [-0.2, -0.15) is 0 Å². The van der Waals surface area contributed by atoms with E-state index in [1.54, 1.807) is 11.1 Å². The lowest BCUT2D eigenvalue weighted by Gasteiger charge is -2.28. The summed E-state index contributed by atoms with van der Waals surface area (Å²) in [6.07, 6.45) is 6.69. The van der Waals surface area contributed by atoms with E-state index in [1.807, 2.05) is 65.7 Å². The van der Waals surface area contributed by atoms with Crippen LogP contribution in [0.4, 0.5) is 4.79 Å². The number of likely N-dealkylation sites (tertiary alicyclic amines) is 2. The van der Waals surface area contributed by atoms with Crippen molar-refractivity contribution in [2.45, 2.75) is 50.2 Å². The van der Waals surface area contributed by atoms with Crippen LogP contribution >= 0.6 is 11.6 Å². The summed E-state index contributed by atoms with van der Waals surface area (Å²) >= 11 is 6.15. The molecule has 4 heterocycles. The Morgan fingerprint density at radius 2 is 1.30 bits per heavy atom. The molecular weight excluding hydrogens is 726 g/mol. The molecule has 0 unspecified atom stereocenters. The van der Waals surface area contributed by atoms with Gasteiger partial charge in [0.25, 0.3) is 5.91 Å². The van der Waals surface area contributed by atoms with Crippen LogP contribution in [-0.2, 0) is 20.7 Å². The maximum Gasteiger partial charge on any atom is 0.407 e. The minimum atomic E-state index is -0.872. The largest absolute Gasteiger partial charge is 0.453 e. The van der Waals surface area contributed by atoms with Crippen molar-refractivity contribution in [1.29, 1.82) is 0 Å². The number of aromatic nitrogens is 4. The number of hydrogen-bond donors (Lipinski definition) is 3. The van der Waals surface area contributed by atoms with Crippen LogP contribution in [-0.4, -0.2) is 67.8 Å². The van der Waals surface area contributed by atoms with E-state index in [0.717, 1.165) is 70.7 Å².